The fourth-order valence-electron chi connectivity index (χ4n) is 1.59. The van der Waals surface area contributed by atoms with Crippen LogP contribution < -0.4 is 10.5 Å². The zero-order chi connectivity index (χ0) is 10.7. The molecule has 0 bridgehead atoms. The topological polar surface area (TPSA) is 35.2 Å². The van der Waals surface area contributed by atoms with Crippen LogP contribution >= 0.6 is 0 Å². The van der Waals surface area contributed by atoms with Crippen LogP contribution in [0.4, 0.5) is 0 Å². The van der Waals surface area contributed by atoms with Gasteiger partial charge in [0.05, 0.1) is 6.10 Å². The number of ether oxygens (including phenoxy) is 1. The van der Waals surface area contributed by atoms with Crippen molar-refractivity contribution in [1.29, 1.82) is 0 Å². The lowest BCUT2D eigenvalue weighted by atomic mass is 10.0. The van der Waals surface area contributed by atoms with Crippen LogP contribution in [0.25, 0.3) is 0 Å². The molecule has 0 aromatic heterocycles. The molecule has 2 N–H and O–H groups in total. The molecule has 14 heavy (non-hydrogen) atoms. The molecule has 0 aliphatic rings. The first-order valence-electron chi connectivity index (χ1n) is 5.04. The molecule has 1 unspecified atom stereocenters. The zero-order valence-electron chi connectivity index (χ0n) is 9.37. The number of rotatable bonds is 3. The van der Waals surface area contributed by atoms with Gasteiger partial charge in [0.1, 0.15) is 5.75 Å². The second-order valence-electron chi connectivity index (χ2n) is 3.94. The third-order valence-corrected chi connectivity index (χ3v) is 2.10. The molecule has 2 nitrogen and oxygen atoms in total. The van der Waals surface area contributed by atoms with E-state index in [1.54, 1.807) is 0 Å². The minimum Gasteiger partial charge on any atom is -0.491 e. The highest BCUT2D eigenvalue weighted by atomic mass is 16.5. The molecule has 0 amide bonds. The maximum Gasteiger partial charge on any atom is 0.124 e. The van der Waals surface area contributed by atoms with Crippen LogP contribution in [0.1, 0.15) is 37.9 Å². The Morgan fingerprint density at radius 3 is 2.36 bits per heavy atom. The molecule has 1 aromatic rings. The average Bonchev–Trinajstić information content (AvgIpc) is 2.01. The van der Waals surface area contributed by atoms with E-state index in [4.69, 9.17) is 10.5 Å². The number of benzene rings is 1. The van der Waals surface area contributed by atoms with Gasteiger partial charge in [0, 0.05) is 11.6 Å². The number of nitrogens with two attached hydrogens (primary N) is 1. The van der Waals surface area contributed by atoms with Gasteiger partial charge in [-0.3, -0.25) is 0 Å². The minimum atomic E-state index is 0.0185. The monoisotopic (exact) mass is 193 g/mol. The van der Waals surface area contributed by atoms with Crippen molar-refractivity contribution in [1.82, 2.24) is 0 Å². The van der Waals surface area contributed by atoms with Crippen molar-refractivity contribution in [2.75, 3.05) is 0 Å². The molecule has 0 heterocycles. The molecule has 0 aliphatic heterocycles. The highest BCUT2D eigenvalue weighted by Crippen LogP contribution is 2.27. The van der Waals surface area contributed by atoms with Gasteiger partial charge in [-0.2, -0.15) is 0 Å². The Bertz CT molecular complexity index is 305. The van der Waals surface area contributed by atoms with E-state index in [9.17, 15) is 0 Å². The standard InChI is InChI=1S/C12H19NO/c1-8(2)14-11-7-5-6-9(3)12(11)10(4)13/h5-8,10H,13H2,1-4H3. The Hall–Kier alpha value is -1.02. The molecule has 0 saturated carbocycles. The van der Waals surface area contributed by atoms with E-state index in [1.807, 2.05) is 32.9 Å². The Labute approximate surface area is 86.1 Å². The van der Waals surface area contributed by atoms with E-state index >= 15 is 0 Å². The van der Waals surface area contributed by atoms with Crippen LogP contribution in [0.3, 0.4) is 0 Å². The summed E-state index contributed by atoms with van der Waals surface area (Å²) in [6.07, 6.45) is 0.189. The second-order valence-corrected chi connectivity index (χ2v) is 3.94. The molecule has 0 radical (unpaired) electrons. The Morgan fingerprint density at radius 2 is 1.86 bits per heavy atom. The molecule has 0 spiro atoms. The van der Waals surface area contributed by atoms with E-state index in [2.05, 4.69) is 13.0 Å². The molecule has 0 fully saturated rings. The first-order chi connectivity index (χ1) is 6.52. The van der Waals surface area contributed by atoms with Gasteiger partial charge in [0.25, 0.3) is 0 Å². The Morgan fingerprint density at radius 1 is 1.21 bits per heavy atom. The second kappa shape index (κ2) is 4.47. The van der Waals surface area contributed by atoms with Gasteiger partial charge in [-0.15, -0.1) is 0 Å². The van der Waals surface area contributed by atoms with Crippen molar-refractivity contribution in [3.05, 3.63) is 29.3 Å². The van der Waals surface area contributed by atoms with Gasteiger partial charge in [-0.05, 0) is 39.3 Å². The summed E-state index contributed by atoms with van der Waals surface area (Å²) in [6.45, 7) is 8.09. The molecule has 2 heteroatoms. The summed E-state index contributed by atoms with van der Waals surface area (Å²) in [5.41, 5.74) is 8.22. The highest BCUT2D eigenvalue weighted by Gasteiger charge is 2.11. The smallest absolute Gasteiger partial charge is 0.124 e. The third-order valence-electron chi connectivity index (χ3n) is 2.10. The maximum absolute atomic E-state index is 5.91. The number of hydrogen-bond acceptors (Lipinski definition) is 2. The van der Waals surface area contributed by atoms with Crippen LogP contribution in [0.2, 0.25) is 0 Å². The van der Waals surface area contributed by atoms with Gasteiger partial charge in [-0.1, -0.05) is 12.1 Å². The largest absolute Gasteiger partial charge is 0.491 e. The lowest BCUT2D eigenvalue weighted by Gasteiger charge is -2.18. The van der Waals surface area contributed by atoms with Gasteiger partial charge < -0.3 is 10.5 Å². The van der Waals surface area contributed by atoms with Gasteiger partial charge in [0.15, 0.2) is 0 Å². The van der Waals surface area contributed by atoms with Crippen LogP contribution in [-0.2, 0) is 0 Å². The molecular formula is C12H19NO. The Kier molecular flexibility index (Phi) is 3.53. The van der Waals surface area contributed by atoms with Crippen LogP contribution in [0, 0.1) is 6.92 Å². The van der Waals surface area contributed by atoms with Gasteiger partial charge in [-0.25, -0.2) is 0 Å². The molecule has 1 rings (SSSR count). The van der Waals surface area contributed by atoms with Crippen molar-refractivity contribution in [3.8, 4) is 5.75 Å². The molecule has 78 valence electrons. The predicted octanol–water partition coefficient (Wildman–Crippen LogP) is 2.80. The van der Waals surface area contributed by atoms with Crippen LogP contribution in [0.5, 0.6) is 5.75 Å². The highest BCUT2D eigenvalue weighted by molar-refractivity contribution is 5.41. The fourth-order valence-corrected chi connectivity index (χ4v) is 1.59. The number of aryl methyl sites for hydroxylation is 1. The predicted molar refractivity (Wildman–Crippen MR) is 59.5 cm³/mol. The zero-order valence-corrected chi connectivity index (χ0v) is 9.37. The summed E-state index contributed by atoms with van der Waals surface area (Å²) in [4.78, 5) is 0. The molecule has 1 atom stereocenters. The van der Waals surface area contributed by atoms with Crippen molar-refractivity contribution in [2.45, 2.75) is 39.8 Å². The molecule has 0 saturated heterocycles. The number of hydrogen-bond donors (Lipinski definition) is 1. The van der Waals surface area contributed by atoms with Gasteiger partial charge >= 0.3 is 0 Å². The van der Waals surface area contributed by atoms with Crippen LogP contribution in [-0.4, -0.2) is 6.10 Å². The summed E-state index contributed by atoms with van der Waals surface area (Å²) in [5.74, 6) is 0.912. The summed E-state index contributed by atoms with van der Waals surface area (Å²) in [5, 5.41) is 0. The summed E-state index contributed by atoms with van der Waals surface area (Å²) < 4.78 is 5.71. The van der Waals surface area contributed by atoms with Crippen molar-refractivity contribution < 1.29 is 4.74 Å². The van der Waals surface area contributed by atoms with E-state index in [0.29, 0.717) is 0 Å². The average molecular weight is 193 g/mol. The van der Waals surface area contributed by atoms with Crippen molar-refractivity contribution in [2.24, 2.45) is 5.73 Å². The van der Waals surface area contributed by atoms with Crippen molar-refractivity contribution in [3.63, 3.8) is 0 Å². The summed E-state index contributed by atoms with van der Waals surface area (Å²) in [7, 11) is 0. The van der Waals surface area contributed by atoms with Crippen molar-refractivity contribution >= 4 is 0 Å². The fraction of sp³-hybridized carbons (Fsp3) is 0.500. The van der Waals surface area contributed by atoms with E-state index < -0.39 is 0 Å². The lowest BCUT2D eigenvalue weighted by Crippen LogP contribution is -2.13. The maximum atomic E-state index is 5.91. The Balaban J connectivity index is 3.08. The SMILES string of the molecule is Cc1cccc(OC(C)C)c1C(C)N. The first-order valence-corrected chi connectivity index (χ1v) is 5.04. The molecule has 0 aliphatic carbocycles. The molecule has 1 aromatic carbocycles. The van der Waals surface area contributed by atoms with E-state index in [-0.39, 0.29) is 12.1 Å². The first kappa shape index (κ1) is 11.1. The summed E-state index contributed by atoms with van der Waals surface area (Å²) in [6, 6.07) is 6.06. The third kappa shape index (κ3) is 2.48. The quantitative estimate of drug-likeness (QED) is 0.801. The van der Waals surface area contributed by atoms with E-state index in [1.165, 1.54) is 5.56 Å². The molecular weight excluding hydrogens is 174 g/mol. The summed E-state index contributed by atoms with van der Waals surface area (Å²) >= 11 is 0. The van der Waals surface area contributed by atoms with Gasteiger partial charge in [0.2, 0.25) is 0 Å². The normalized spacial score (nSPS) is 13.0. The van der Waals surface area contributed by atoms with E-state index in [0.717, 1.165) is 11.3 Å². The van der Waals surface area contributed by atoms with Crippen LogP contribution in [0.15, 0.2) is 18.2 Å². The minimum absolute atomic E-state index is 0.0185. The lowest BCUT2D eigenvalue weighted by molar-refractivity contribution is 0.239.